The van der Waals surface area contributed by atoms with Crippen molar-refractivity contribution < 1.29 is 23.2 Å². The van der Waals surface area contributed by atoms with Gasteiger partial charge in [-0.25, -0.2) is 4.79 Å². The number of allylic oxidation sites excluding steroid dienone is 4. The SMILES string of the molecule is CO[Si](CCCC1=CC=C(O)C(=C=O)C1)(OC)OC. The van der Waals surface area contributed by atoms with E-state index in [1.807, 2.05) is 6.08 Å². The fraction of sp³-hybridized carbons (Fsp3) is 0.538. The summed E-state index contributed by atoms with van der Waals surface area (Å²) in [7, 11) is 2.25. The van der Waals surface area contributed by atoms with E-state index in [9.17, 15) is 9.90 Å². The molecule has 0 radical (unpaired) electrons. The van der Waals surface area contributed by atoms with Crippen LogP contribution in [-0.4, -0.2) is 41.2 Å². The normalized spacial score (nSPS) is 15.8. The maximum atomic E-state index is 10.6. The van der Waals surface area contributed by atoms with Crippen molar-refractivity contribution in [3.8, 4) is 0 Å². The second-order valence-corrected chi connectivity index (χ2v) is 7.37. The summed E-state index contributed by atoms with van der Waals surface area (Å²) in [6.07, 6.45) is 5.47. The zero-order chi connectivity index (χ0) is 14.3. The summed E-state index contributed by atoms with van der Waals surface area (Å²) >= 11 is 0. The lowest BCUT2D eigenvalue weighted by Crippen LogP contribution is -2.42. The Labute approximate surface area is 114 Å². The minimum Gasteiger partial charge on any atom is -0.507 e. The number of hydrogen-bond acceptors (Lipinski definition) is 5. The average molecular weight is 284 g/mol. The van der Waals surface area contributed by atoms with Crippen molar-refractivity contribution in [1.82, 2.24) is 0 Å². The van der Waals surface area contributed by atoms with E-state index in [-0.39, 0.29) is 5.76 Å². The lowest BCUT2D eigenvalue weighted by Gasteiger charge is -2.24. The highest BCUT2D eigenvalue weighted by Crippen LogP contribution is 2.26. The highest BCUT2D eigenvalue weighted by Gasteiger charge is 2.36. The Morgan fingerprint density at radius 1 is 1.26 bits per heavy atom. The number of hydrogen-bond donors (Lipinski definition) is 1. The molecule has 0 spiro atoms. The molecule has 0 aromatic carbocycles. The summed E-state index contributed by atoms with van der Waals surface area (Å²) in [4.78, 5) is 10.6. The van der Waals surface area contributed by atoms with Gasteiger partial charge in [0.05, 0.1) is 5.57 Å². The van der Waals surface area contributed by atoms with E-state index in [1.54, 1.807) is 27.3 Å². The van der Waals surface area contributed by atoms with Crippen LogP contribution in [0, 0.1) is 0 Å². The largest absolute Gasteiger partial charge is 0.507 e. The van der Waals surface area contributed by atoms with Crippen molar-refractivity contribution in [2.45, 2.75) is 25.3 Å². The molecule has 106 valence electrons. The third-order valence-corrected chi connectivity index (χ3v) is 6.06. The second kappa shape index (κ2) is 7.42. The summed E-state index contributed by atoms with van der Waals surface area (Å²) in [5.74, 6) is 1.77. The molecule has 0 bridgehead atoms. The first-order chi connectivity index (χ1) is 9.10. The summed E-state index contributed by atoms with van der Waals surface area (Å²) in [5, 5.41) is 9.42. The Balaban J connectivity index is 2.53. The Morgan fingerprint density at radius 2 is 1.89 bits per heavy atom. The van der Waals surface area contributed by atoms with Crippen LogP contribution in [0.25, 0.3) is 0 Å². The predicted molar refractivity (Wildman–Crippen MR) is 73.4 cm³/mol. The third-order valence-electron chi connectivity index (χ3n) is 3.23. The molecular formula is C13H20O5Si. The molecule has 0 aliphatic heterocycles. The molecule has 6 heteroatoms. The van der Waals surface area contributed by atoms with Crippen LogP contribution in [-0.2, 0) is 18.1 Å². The molecule has 1 aliphatic carbocycles. The molecule has 0 fully saturated rings. The second-order valence-electron chi connectivity index (χ2n) is 4.28. The number of aliphatic hydroxyl groups is 1. The molecule has 1 aliphatic rings. The topological polar surface area (TPSA) is 65.0 Å². The molecule has 1 rings (SSSR count). The van der Waals surface area contributed by atoms with Gasteiger partial charge in [-0.15, -0.1) is 0 Å². The van der Waals surface area contributed by atoms with Crippen LogP contribution in [0.5, 0.6) is 0 Å². The van der Waals surface area contributed by atoms with Crippen LogP contribution in [0.3, 0.4) is 0 Å². The first-order valence-corrected chi connectivity index (χ1v) is 8.02. The first kappa shape index (κ1) is 15.9. The quantitative estimate of drug-likeness (QED) is 0.573. The highest BCUT2D eigenvalue weighted by molar-refractivity contribution is 6.60. The predicted octanol–water partition coefficient (Wildman–Crippen LogP) is 2.17. The minimum atomic E-state index is -2.52. The summed E-state index contributed by atoms with van der Waals surface area (Å²) < 4.78 is 16.0. The van der Waals surface area contributed by atoms with E-state index < -0.39 is 8.80 Å². The van der Waals surface area contributed by atoms with Crippen LogP contribution in [0.1, 0.15) is 19.3 Å². The molecule has 0 saturated carbocycles. The van der Waals surface area contributed by atoms with Gasteiger partial charge in [-0.2, -0.15) is 0 Å². The van der Waals surface area contributed by atoms with Crippen molar-refractivity contribution in [2.24, 2.45) is 0 Å². The minimum absolute atomic E-state index is 0.00754. The van der Waals surface area contributed by atoms with Gasteiger partial charge in [0.2, 0.25) is 0 Å². The van der Waals surface area contributed by atoms with Gasteiger partial charge in [-0.3, -0.25) is 0 Å². The smallest absolute Gasteiger partial charge is 0.500 e. The van der Waals surface area contributed by atoms with Gasteiger partial charge in [0.25, 0.3) is 0 Å². The molecule has 0 aromatic heterocycles. The molecule has 0 atom stereocenters. The third kappa shape index (κ3) is 4.16. The van der Waals surface area contributed by atoms with E-state index in [2.05, 4.69) is 0 Å². The lowest BCUT2D eigenvalue weighted by atomic mass is 9.96. The van der Waals surface area contributed by atoms with Gasteiger partial charge in [0.15, 0.2) is 0 Å². The van der Waals surface area contributed by atoms with Crippen LogP contribution in [0.15, 0.2) is 29.1 Å². The van der Waals surface area contributed by atoms with Crippen LogP contribution < -0.4 is 0 Å². The van der Waals surface area contributed by atoms with Gasteiger partial charge in [0, 0.05) is 33.8 Å². The van der Waals surface area contributed by atoms with Crippen molar-refractivity contribution >= 4 is 14.7 Å². The van der Waals surface area contributed by atoms with E-state index >= 15 is 0 Å². The molecule has 0 amide bonds. The van der Waals surface area contributed by atoms with Crippen LogP contribution in [0.4, 0.5) is 0 Å². The van der Waals surface area contributed by atoms with Crippen LogP contribution in [0.2, 0.25) is 6.04 Å². The summed E-state index contributed by atoms with van der Waals surface area (Å²) in [6.45, 7) is 0. The lowest BCUT2D eigenvalue weighted by molar-refractivity contribution is 0.123. The van der Waals surface area contributed by atoms with E-state index in [1.165, 1.54) is 6.08 Å². The maximum Gasteiger partial charge on any atom is 0.500 e. The van der Waals surface area contributed by atoms with Crippen molar-refractivity contribution in [3.63, 3.8) is 0 Å². The first-order valence-electron chi connectivity index (χ1n) is 6.09. The van der Waals surface area contributed by atoms with Crippen LogP contribution >= 0.6 is 0 Å². The molecule has 1 N–H and O–H groups in total. The molecule has 5 nitrogen and oxygen atoms in total. The highest BCUT2D eigenvalue weighted by atomic mass is 28.4. The molecule has 0 saturated heterocycles. The maximum absolute atomic E-state index is 10.6. The standard InChI is InChI=1S/C13H20O5Si/c1-16-19(17-2,18-3)8-4-5-11-6-7-13(15)12(9-11)10-14/h6-7,15H,4-5,8-9H2,1-3H3. The van der Waals surface area contributed by atoms with E-state index in [0.717, 1.165) is 18.4 Å². The molecular weight excluding hydrogens is 264 g/mol. The Kier molecular flexibility index (Phi) is 6.21. The fourth-order valence-electron chi connectivity index (χ4n) is 2.02. The Bertz CT molecular complexity index is 408. The van der Waals surface area contributed by atoms with E-state index in [4.69, 9.17) is 13.3 Å². The van der Waals surface area contributed by atoms with E-state index in [0.29, 0.717) is 18.0 Å². The zero-order valence-electron chi connectivity index (χ0n) is 11.6. The fourth-order valence-corrected chi connectivity index (χ4v) is 3.74. The van der Waals surface area contributed by atoms with Gasteiger partial charge in [-0.1, -0.05) is 11.6 Å². The molecule has 0 unspecified atom stereocenters. The van der Waals surface area contributed by atoms with Crippen molar-refractivity contribution in [1.29, 1.82) is 0 Å². The molecule has 0 aromatic rings. The number of aliphatic hydroxyl groups excluding tert-OH is 1. The summed E-state index contributed by atoms with van der Waals surface area (Å²) in [6, 6.07) is 0.712. The monoisotopic (exact) mass is 284 g/mol. The van der Waals surface area contributed by atoms with Gasteiger partial charge < -0.3 is 18.4 Å². The Morgan fingerprint density at radius 3 is 2.42 bits per heavy atom. The number of rotatable bonds is 7. The van der Waals surface area contributed by atoms with Crippen molar-refractivity contribution in [3.05, 3.63) is 29.1 Å². The van der Waals surface area contributed by atoms with Gasteiger partial charge in [0.1, 0.15) is 11.7 Å². The summed E-state index contributed by atoms with van der Waals surface area (Å²) in [5.41, 5.74) is 1.40. The molecule has 19 heavy (non-hydrogen) atoms. The van der Waals surface area contributed by atoms with Gasteiger partial charge >= 0.3 is 8.80 Å². The van der Waals surface area contributed by atoms with Gasteiger partial charge in [-0.05, 0) is 18.9 Å². The zero-order valence-corrected chi connectivity index (χ0v) is 12.6. The average Bonchev–Trinajstić information content (AvgIpc) is 2.46. The van der Waals surface area contributed by atoms with Crippen molar-refractivity contribution in [2.75, 3.05) is 21.3 Å². The molecule has 0 heterocycles. The number of carbonyl (C=O) groups excluding carboxylic acids is 1. The Hall–Kier alpha value is -1.17.